The number of ether oxygens (including phenoxy) is 3. The van der Waals surface area contributed by atoms with Gasteiger partial charge in [-0.1, -0.05) is 19.9 Å². The Bertz CT molecular complexity index is 1040. The van der Waals surface area contributed by atoms with Gasteiger partial charge < -0.3 is 24.6 Å². The first kappa shape index (κ1) is 24.4. The molecule has 4 atom stereocenters. The molecule has 0 radical (unpaired) electrons. The van der Waals surface area contributed by atoms with E-state index < -0.39 is 23.8 Å². The number of dihydropyridines is 1. The number of carbonyl (C=O) groups excluding carboxylic acids is 3. The molecule has 3 rings (SSSR count). The number of aromatic hydroxyl groups is 1. The molecule has 33 heavy (non-hydrogen) atoms. The lowest BCUT2D eigenvalue weighted by atomic mass is 9.69. The largest absolute Gasteiger partial charge is 0.504 e. The number of ketones is 1. The van der Waals surface area contributed by atoms with Crippen molar-refractivity contribution < 1.29 is 33.7 Å². The van der Waals surface area contributed by atoms with Gasteiger partial charge in [-0.25, -0.2) is 4.79 Å². The van der Waals surface area contributed by atoms with E-state index in [0.29, 0.717) is 35.4 Å². The molecule has 0 aromatic heterocycles. The molecule has 8 nitrogen and oxygen atoms in total. The van der Waals surface area contributed by atoms with E-state index >= 15 is 0 Å². The van der Waals surface area contributed by atoms with Crippen molar-refractivity contribution in [2.75, 3.05) is 14.2 Å². The molecule has 1 aromatic carbocycles. The molecule has 1 aliphatic heterocycles. The molecule has 0 saturated carbocycles. The van der Waals surface area contributed by atoms with E-state index in [1.54, 1.807) is 26.0 Å². The van der Waals surface area contributed by atoms with Gasteiger partial charge in [-0.2, -0.15) is 0 Å². The number of hydrogen-bond donors (Lipinski definition) is 2. The molecule has 0 spiro atoms. The number of esters is 2. The van der Waals surface area contributed by atoms with E-state index in [9.17, 15) is 19.5 Å². The number of nitrogens with one attached hydrogen (secondary N) is 1. The first-order valence-electron chi connectivity index (χ1n) is 11.0. The van der Waals surface area contributed by atoms with E-state index in [-0.39, 0.29) is 34.9 Å². The topological polar surface area (TPSA) is 111 Å². The van der Waals surface area contributed by atoms with Crippen molar-refractivity contribution in [2.45, 2.75) is 52.6 Å². The predicted molar refractivity (Wildman–Crippen MR) is 120 cm³/mol. The Labute approximate surface area is 193 Å². The second kappa shape index (κ2) is 9.68. The van der Waals surface area contributed by atoms with Crippen LogP contribution in [0, 0.1) is 11.8 Å². The summed E-state index contributed by atoms with van der Waals surface area (Å²) in [7, 11) is 2.68. The summed E-state index contributed by atoms with van der Waals surface area (Å²) in [6, 6.07) is 4.69. The van der Waals surface area contributed by atoms with Crippen molar-refractivity contribution in [3.63, 3.8) is 0 Å². The number of methoxy groups -OCH3 is 2. The highest BCUT2D eigenvalue weighted by atomic mass is 16.5. The van der Waals surface area contributed by atoms with Crippen LogP contribution in [0.25, 0.3) is 0 Å². The van der Waals surface area contributed by atoms with Gasteiger partial charge in [0.1, 0.15) is 5.92 Å². The number of phenolic OH excluding ortho intramolecular Hbond substituents is 1. The fourth-order valence-electron chi connectivity index (χ4n) is 4.49. The summed E-state index contributed by atoms with van der Waals surface area (Å²) < 4.78 is 15.8. The van der Waals surface area contributed by atoms with Crippen LogP contribution < -0.4 is 10.1 Å². The molecule has 1 aromatic rings. The van der Waals surface area contributed by atoms with Crippen LogP contribution in [0.4, 0.5) is 0 Å². The third kappa shape index (κ3) is 4.47. The van der Waals surface area contributed by atoms with Crippen molar-refractivity contribution in [1.82, 2.24) is 5.32 Å². The average molecular weight is 458 g/mol. The van der Waals surface area contributed by atoms with Crippen molar-refractivity contribution >= 4 is 17.7 Å². The Morgan fingerprint density at radius 3 is 2.58 bits per heavy atom. The third-order valence-electron chi connectivity index (χ3n) is 6.38. The van der Waals surface area contributed by atoms with Crippen LogP contribution in [0.15, 0.2) is 40.7 Å². The van der Waals surface area contributed by atoms with Gasteiger partial charge >= 0.3 is 11.9 Å². The molecule has 1 heterocycles. The minimum Gasteiger partial charge on any atom is -0.504 e. The molecule has 2 N–H and O–H groups in total. The average Bonchev–Trinajstić information content (AvgIpc) is 2.77. The number of phenols is 1. The number of benzene rings is 1. The van der Waals surface area contributed by atoms with Gasteiger partial charge in [-0.15, -0.1) is 0 Å². The lowest BCUT2D eigenvalue weighted by Gasteiger charge is -2.38. The quantitative estimate of drug-likeness (QED) is 0.494. The van der Waals surface area contributed by atoms with Gasteiger partial charge in [0, 0.05) is 22.9 Å². The smallest absolute Gasteiger partial charge is 0.337 e. The van der Waals surface area contributed by atoms with E-state index in [1.807, 2.05) is 13.8 Å². The Morgan fingerprint density at radius 2 is 1.97 bits per heavy atom. The molecular formula is C25H31NO7. The molecule has 8 heteroatoms. The zero-order valence-corrected chi connectivity index (χ0v) is 19.9. The van der Waals surface area contributed by atoms with Crippen molar-refractivity contribution in [3.05, 3.63) is 46.3 Å². The number of carbonyl (C=O) groups is 3. The van der Waals surface area contributed by atoms with Crippen molar-refractivity contribution in [3.8, 4) is 11.5 Å². The maximum Gasteiger partial charge on any atom is 0.337 e. The summed E-state index contributed by atoms with van der Waals surface area (Å²) >= 11 is 0. The van der Waals surface area contributed by atoms with E-state index in [0.717, 1.165) is 0 Å². The summed E-state index contributed by atoms with van der Waals surface area (Å²) in [5, 5.41) is 13.3. The summed E-state index contributed by atoms with van der Waals surface area (Å²) in [4.78, 5) is 39.4. The van der Waals surface area contributed by atoms with Crippen molar-refractivity contribution in [2.24, 2.45) is 11.8 Å². The molecule has 0 bridgehead atoms. The van der Waals surface area contributed by atoms with Crippen LogP contribution in [-0.2, 0) is 23.9 Å². The first-order chi connectivity index (χ1) is 15.6. The van der Waals surface area contributed by atoms with E-state index in [1.165, 1.54) is 20.3 Å². The van der Waals surface area contributed by atoms with Gasteiger partial charge in [0.15, 0.2) is 17.3 Å². The number of allylic oxidation sites excluding steroid dienone is 3. The van der Waals surface area contributed by atoms with E-state index in [2.05, 4.69) is 5.32 Å². The monoisotopic (exact) mass is 457 g/mol. The maximum atomic E-state index is 13.7. The van der Waals surface area contributed by atoms with Crippen LogP contribution in [0.1, 0.15) is 52.0 Å². The van der Waals surface area contributed by atoms with Gasteiger partial charge in [0.05, 0.1) is 25.9 Å². The Balaban J connectivity index is 2.20. The summed E-state index contributed by atoms with van der Waals surface area (Å²) in [6.45, 7) is 7.31. The molecule has 0 unspecified atom stereocenters. The van der Waals surface area contributed by atoms with Gasteiger partial charge in [0.2, 0.25) is 0 Å². The highest BCUT2D eigenvalue weighted by molar-refractivity contribution is 6.12. The molecule has 0 saturated heterocycles. The molecule has 1 aliphatic carbocycles. The summed E-state index contributed by atoms with van der Waals surface area (Å²) in [5.41, 5.74) is 2.43. The van der Waals surface area contributed by atoms with Crippen molar-refractivity contribution in [1.29, 1.82) is 0 Å². The van der Waals surface area contributed by atoms with Crippen LogP contribution in [0.5, 0.6) is 11.5 Å². The first-order valence-corrected chi connectivity index (χ1v) is 11.0. The lowest BCUT2D eigenvalue weighted by molar-refractivity contribution is -0.151. The van der Waals surface area contributed by atoms with Crippen LogP contribution >= 0.6 is 0 Å². The minimum absolute atomic E-state index is 0.0650. The number of Topliss-reactive ketones (excluding diaryl/α,β-unsaturated/α-hetero) is 1. The van der Waals surface area contributed by atoms with Crippen LogP contribution in [0.2, 0.25) is 0 Å². The highest BCUT2D eigenvalue weighted by Crippen LogP contribution is 2.46. The maximum absolute atomic E-state index is 13.7. The van der Waals surface area contributed by atoms with E-state index in [4.69, 9.17) is 14.2 Å². The Kier molecular flexibility index (Phi) is 7.15. The molecular weight excluding hydrogens is 426 g/mol. The normalized spacial score (nSPS) is 23.5. The highest BCUT2D eigenvalue weighted by Gasteiger charge is 2.47. The number of hydrogen-bond acceptors (Lipinski definition) is 8. The van der Waals surface area contributed by atoms with Gasteiger partial charge in [-0.3, -0.25) is 9.59 Å². The SMILES string of the molecule is CC[C@@H](C)OC(=O)C1=C(C)NC2=C(C(=O)[C@H](C(=O)OC)[C@H](C)C2)[C@H]1c1ccc(O)c(OC)c1. The molecule has 2 aliphatic rings. The minimum atomic E-state index is -0.970. The standard InChI is InChI=1S/C25H31NO7/c1-7-13(3)33-25(30)20-14(4)26-16-10-12(2)19(24(29)32-6)23(28)22(16)21(20)15-8-9-17(27)18(11-15)31-5/h8-9,11-13,19,21,26-27H,7,10H2,1-6H3/t12-,13-,19-,21+/m1/s1. The molecule has 178 valence electrons. The summed E-state index contributed by atoms with van der Waals surface area (Å²) in [5.74, 6) is -3.42. The molecule has 0 amide bonds. The number of rotatable bonds is 6. The second-order valence-corrected chi connectivity index (χ2v) is 8.59. The van der Waals surface area contributed by atoms with Gasteiger partial charge in [0.25, 0.3) is 0 Å². The third-order valence-corrected chi connectivity index (χ3v) is 6.38. The van der Waals surface area contributed by atoms with Crippen LogP contribution in [0.3, 0.4) is 0 Å². The predicted octanol–water partition coefficient (Wildman–Crippen LogP) is 3.36. The Hall–Kier alpha value is -3.29. The zero-order valence-electron chi connectivity index (χ0n) is 19.9. The lowest BCUT2D eigenvalue weighted by Crippen LogP contribution is -2.43. The van der Waals surface area contributed by atoms with Crippen LogP contribution in [-0.4, -0.2) is 43.2 Å². The summed E-state index contributed by atoms with van der Waals surface area (Å²) in [6.07, 6.45) is 0.767. The fourth-order valence-corrected chi connectivity index (χ4v) is 4.49. The van der Waals surface area contributed by atoms with Gasteiger partial charge in [-0.05, 0) is 50.3 Å². The molecule has 0 fully saturated rings. The fraction of sp³-hybridized carbons (Fsp3) is 0.480. The Morgan fingerprint density at radius 1 is 1.27 bits per heavy atom. The second-order valence-electron chi connectivity index (χ2n) is 8.59. The zero-order chi connectivity index (χ0) is 24.4.